The number of fused-ring (bicyclic) bond motifs is 3. The lowest BCUT2D eigenvalue weighted by Gasteiger charge is -2.39. The van der Waals surface area contributed by atoms with Gasteiger partial charge in [-0.3, -0.25) is 9.79 Å². The molecule has 1 amide bonds. The first kappa shape index (κ1) is 20.0. The summed E-state index contributed by atoms with van der Waals surface area (Å²) in [6, 6.07) is 8.60. The van der Waals surface area contributed by atoms with Gasteiger partial charge in [-0.2, -0.15) is 4.98 Å². The fraction of sp³-hybridized carbons (Fsp3) is 0.304. The Balaban J connectivity index is 1.35. The highest BCUT2D eigenvalue weighted by atomic mass is 19.1. The fourth-order valence-electron chi connectivity index (χ4n) is 4.58. The molecule has 0 spiro atoms. The topological polar surface area (TPSA) is 84.1 Å². The Kier molecular flexibility index (Phi) is 4.68. The monoisotopic (exact) mass is 451 g/mol. The van der Waals surface area contributed by atoms with Crippen molar-refractivity contribution in [3.05, 3.63) is 60.0 Å². The average molecular weight is 451 g/mol. The number of benzene rings is 2. The van der Waals surface area contributed by atoms with Crippen LogP contribution in [0.25, 0.3) is 11.4 Å². The first-order valence-electron chi connectivity index (χ1n) is 10.7. The number of aromatic nitrogens is 2. The molecule has 4 heterocycles. The van der Waals surface area contributed by atoms with Crippen LogP contribution in [0, 0.1) is 11.6 Å². The highest BCUT2D eigenvalue weighted by Crippen LogP contribution is 2.43. The molecule has 3 aromatic rings. The van der Waals surface area contributed by atoms with E-state index in [1.165, 1.54) is 24.3 Å². The van der Waals surface area contributed by atoms with Crippen molar-refractivity contribution < 1.29 is 22.8 Å². The van der Waals surface area contributed by atoms with Crippen LogP contribution in [0.4, 0.5) is 20.2 Å². The molecule has 8 nitrogen and oxygen atoms in total. The number of ether oxygens (including phenoxy) is 1. The van der Waals surface area contributed by atoms with Gasteiger partial charge in [0.15, 0.2) is 6.04 Å². The molecular formula is C23H19F2N5O3. The number of hydrogen-bond donors (Lipinski definition) is 0. The van der Waals surface area contributed by atoms with Crippen LogP contribution in [0.3, 0.4) is 0 Å². The van der Waals surface area contributed by atoms with Gasteiger partial charge in [0.25, 0.3) is 11.8 Å². The summed E-state index contributed by atoms with van der Waals surface area (Å²) in [7, 11) is 0. The number of rotatable bonds is 4. The molecule has 6 rings (SSSR count). The van der Waals surface area contributed by atoms with E-state index in [4.69, 9.17) is 9.26 Å². The molecule has 0 radical (unpaired) electrons. The molecule has 2 aromatic carbocycles. The fourth-order valence-corrected chi connectivity index (χ4v) is 4.58. The molecule has 1 aromatic heterocycles. The Morgan fingerprint density at radius 3 is 2.67 bits per heavy atom. The van der Waals surface area contributed by atoms with Gasteiger partial charge in [0, 0.05) is 12.2 Å². The quantitative estimate of drug-likeness (QED) is 0.604. The van der Waals surface area contributed by atoms with Gasteiger partial charge in [0.05, 0.1) is 30.4 Å². The lowest BCUT2D eigenvalue weighted by molar-refractivity contribution is -0.120. The lowest BCUT2D eigenvalue weighted by atomic mass is 10.0. The zero-order valence-corrected chi connectivity index (χ0v) is 17.4. The molecule has 0 bridgehead atoms. The van der Waals surface area contributed by atoms with Gasteiger partial charge >= 0.3 is 0 Å². The van der Waals surface area contributed by atoms with E-state index in [-0.39, 0.29) is 29.5 Å². The zero-order valence-electron chi connectivity index (χ0n) is 17.4. The standard InChI is InChI=1S/C23H19F2N5O3/c24-14-5-3-13(4-6-14)21-27-22(33-28-21)19-20-23(31)29(11-16-2-1-9-32-16)18-10-15(25)7-8-17(18)30(20)12-26-19/h3-8,10,12,16,19-20H,1-2,9,11H2. The van der Waals surface area contributed by atoms with Crippen LogP contribution < -0.4 is 9.80 Å². The van der Waals surface area contributed by atoms with Gasteiger partial charge in [-0.1, -0.05) is 5.16 Å². The van der Waals surface area contributed by atoms with Crippen LogP contribution in [-0.2, 0) is 9.53 Å². The van der Waals surface area contributed by atoms with Crippen LogP contribution in [0.2, 0.25) is 0 Å². The molecule has 3 aliphatic rings. The third kappa shape index (κ3) is 3.37. The Morgan fingerprint density at radius 1 is 1.06 bits per heavy atom. The summed E-state index contributed by atoms with van der Waals surface area (Å²) in [4.78, 5) is 25.9. The Morgan fingerprint density at radius 2 is 1.88 bits per heavy atom. The molecule has 33 heavy (non-hydrogen) atoms. The first-order chi connectivity index (χ1) is 16.1. The van der Waals surface area contributed by atoms with Gasteiger partial charge < -0.3 is 19.1 Å². The molecule has 3 unspecified atom stereocenters. The lowest BCUT2D eigenvalue weighted by Crippen LogP contribution is -2.54. The van der Waals surface area contributed by atoms with Gasteiger partial charge in [0.2, 0.25) is 5.82 Å². The van der Waals surface area contributed by atoms with E-state index in [1.54, 1.807) is 34.3 Å². The van der Waals surface area contributed by atoms with Crippen LogP contribution in [0.15, 0.2) is 52.0 Å². The minimum Gasteiger partial charge on any atom is -0.376 e. The molecule has 1 fully saturated rings. The highest BCUT2D eigenvalue weighted by Gasteiger charge is 2.48. The van der Waals surface area contributed by atoms with Crippen molar-refractivity contribution in [3.63, 3.8) is 0 Å². The number of carbonyl (C=O) groups is 1. The van der Waals surface area contributed by atoms with Gasteiger partial charge in [-0.05, 0) is 55.3 Å². The third-order valence-corrected chi connectivity index (χ3v) is 6.18. The minimum absolute atomic E-state index is 0.106. The van der Waals surface area contributed by atoms with Gasteiger partial charge in [-0.25, -0.2) is 8.78 Å². The number of hydrogen-bond acceptors (Lipinski definition) is 7. The number of halogens is 2. The maximum absolute atomic E-state index is 14.1. The zero-order chi connectivity index (χ0) is 22.5. The van der Waals surface area contributed by atoms with Crippen molar-refractivity contribution in [1.82, 2.24) is 10.1 Å². The summed E-state index contributed by atoms with van der Waals surface area (Å²) in [5, 5.41) is 3.99. The van der Waals surface area contributed by atoms with E-state index >= 15 is 0 Å². The molecule has 1 saturated heterocycles. The van der Waals surface area contributed by atoms with Crippen LogP contribution in [0.5, 0.6) is 0 Å². The average Bonchev–Trinajstić information content (AvgIpc) is 3.57. The van der Waals surface area contributed by atoms with E-state index in [1.807, 2.05) is 0 Å². The van der Waals surface area contributed by atoms with E-state index in [0.29, 0.717) is 30.1 Å². The summed E-state index contributed by atoms with van der Waals surface area (Å²) < 4.78 is 38.5. The summed E-state index contributed by atoms with van der Waals surface area (Å²) >= 11 is 0. The van der Waals surface area contributed by atoms with Crippen molar-refractivity contribution in [1.29, 1.82) is 0 Å². The van der Waals surface area contributed by atoms with E-state index in [9.17, 15) is 13.6 Å². The summed E-state index contributed by atoms with van der Waals surface area (Å²) in [6.07, 6.45) is 3.21. The van der Waals surface area contributed by atoms with Crippen LogP contribution in [0.1, 0.15) is 24.8 Å². The summed E-state index contributed by atoms with van der Waals surface area (Å²) in [6.45, 7) is 0.981. The molecule has 0 saturated carbocycles. The number of aliphatic imine (C=N–C) groups is 1. The number of anilines is 2. The maximum atomic E-state index is 14.1. The van der Waals surface area contributed by atoms with E-state index < -0.39 is 17.9 Å². The minimum atomic E-state index is -0.745. The number of amides is 1. The normalized spacial score (nSPS) is 23.8. The summed E-state index contributed by atoms with van der Waals surface area (Å²) in [5.41, 5.74) is 1.74. The van der Waals surface area contributed by atoms with Gasteiger partial charge in [0.1, 0.15) is 17.7 Å². The largest absolute Gasteiger partial charge is 0.376 e. The van der Waals surface area contributed by atoms with Crippen molar-refractivity contribution in [2.45, 2.75) is 31.0 Å². The predicted octanol–water partition coefficient (Wildman–Crippen LogP) is 3.50. The Hall–Kier alpha value is -3.66. The second-order valence-electron chi connectivity index (χ2n) is 8.24. The smallest absolute Gasteiger partial charge is 0.254 e. The van der Waals surface area contributed by atoms with Crippen molar-refractivity contribution in [3.8, 4) is 11.4 Å². The van der Waals surface area contributed by atoms with E-state index in [0.717, 1.165) is 12.8 Å². The second-order valence-corrected chi connectivity index (χ2v) is 8.24. The molecule has 10 heteroatoms. The van der Waals surface area contributed by atoms with Crippen molar-refractivity contribution >= 4 is 23.6 Å². The second kappa shape index (κ2) is 7.73. The molecule has 0 N–H and O–H groups in total. The molecular weight excluding hydrogens is 432 g/mol. The van der Waals surface area contributed by atoms with Crippen LogP contribution in [-0.4, -0.2) is 47.7 Å². The molecule has 168 valence electrons. The molecule has 0 aliphatic carbocycles. The Bertz CT molecular complexity index is 1240. The molecule has 3 aliphatic heterocycles. The first-order valence-corrected chi connectivity index (χ1v) is 10.7. The summed E-state index contributed by atoms with van der Waals surface area (Å²) in [5.74, 6) is -0.583. The highest BCUT2D eigenvalue weighted by molar-refractivity contribution is 6.11. The Labute approximate surface area is 187 Å². The number of nitrogens with zero attached hydrogens (tertiary/aromatic N) is 5. The SMILES string of the molecule is O=C1C2C(c3nc(-c4ccc(F)cc4)no3)N=CN2c2ccc(F)cc2N1CC1CCCO1. The predicted molar refractivity (Wildman–Crippen MR) is 115 cm³/mol. The maximum Gasteiger partial charge on any atom is 0.254 e. The third-order valence-electron chi connectivity index (χ3n) is 6.18. The van der Waals surface area contributed by atoms with Crippen molar-refractivity contribution in [2.24, 2.45) is 4.99 Å². The van der Waals surface area contributed by atoms with E-state index in [2.05, 4.69) is 15.1 Å². The molecule has 3 atom stereocenters. The number of carbonyl (C=O) groups excluding carboxylic acids is 1. The van der Waals surface area contributed by atoms with Crippen molar-refractivity contribution in [2.75, 3.05) is 23.0 Å². The van der Waals surface area contributed by atoms with Gasteiger partial charge in [-0.15, -0.1) is 0 Å². The van der Waals surface area contributed by atoms with Crippen LogP contribution >= 0.6 is 0 Å².